The van der Waals surface area contributed by atoms with E-state index in [1.165, 1.54) is 25.0 Å². The molecule has 1 saturated heterocycles. The number of amides is 7. The summed E-state index contributed by atoms with van der Waals surface area (Å²) in [6, 6.07) is 15.8. The molecular weight excluding hydrogens is 1400 g/mol. The molecule has 3 aromatic carbocycles. The lowest BCUT2D eigenvalue weighted by molar-refractivity contribution is -0.179. The Bertz CT molecular complexity index is 3300. The van der Waals surface area contributed by atoms with E-state index in [1.807, 2.05) is 45.0 Å². The molecule has 0 bridgehead atoms. The standard InChI is InChI=1S/C75H108ClN7O23/c1-48(2)42-61-72(92)104-59(12-11-13-62(84)81-58(44-54-18-23-60(96-10)57(76)43-54)70(90)78-47-75(7,8)73(93)105-61)50(5)67-68(106-67)55-19-14-52(15-20-55)45-77-74(94)103-46-53-16-21-56(22-17-53)80-69(89)51(6)79-71(91)66(49(3)4)82-63(85)24-27-83(28-25-65(87)88)64(86)26-29-97-32-33-99-36-37-101-40-41-102-39-38-100-35-34-98-31-30-95-9/h11,13-23,43,48-51,58-59,61,66-68H,12,24-42,44-47H2,1-10H3,(H,77,94)(H,78,90)(H,79,91)(H,80,89)(H,81,84)(H,82,85)(H,87,88)/b13-11+/t50-,51-,58+,59-,61-,66-,67+,68+/m0/s1. The summed E-state index contributed by atoms with van der Waals surface area (Å²) in [5.74, 6) is -6.38. The van der Waals surface area contributed by atoms with Crippen molar-refractivity contribution >= 4 is 76.7 Å². The number of rotatable bonds is 45. The lowest BCUT2D eigenvalue weighted by Crippen LogP contribution is -2.54. The number of alkyl carbamates (subject to hydrolysis) is 1. The molecule has 5 rings (SSSR count). The molecule has 7 amide bonds. The number of carbonyl (C=O) groups is 10. The highest BCUT2D eigenvalue weighted by Crippen LogP contribution is 2.45. The van der Waals surface area contributed by atoms with Crippen LogP contribution in [0.4, 0.5) is 10.5 Å². The number of benzene rings is 3. The van der Waals surface area contributed by atoms with Crippen LogP contribution in [0, 0.1) is 23.2 Å². The van der Waals surface area contributed by atoms with Crippen LogP contribution in [-0.4, -0.2) is 226 Å². The van der Waals surface area contributed by atoms with Crippen molar-refractivity contribution in [1.29, 1.82) is 0 Å². The maximum absolute atomic E-state index is 14.0. The number of nitrogens with zero attached hydrogens (tertiary/aromatic N) is 1. The number of nitrogens with one attached hydrogen (secondary N) is 6. The fourth-order valence-electron chi connectivity index (χ4n) is 10.6. The normalized spacial score (nSPS) is 18.7. The van der Waals surface area contributed by atoms with E-state index in [0.717, 1.165) is 11.1 Å². The second-order valence-electron chi connectivity index (χ2n) is 26.9. The summed E-state index contributed by atoms with van der Waals surface area (Å²) in [7, 11) is 3.09. The third-order valence-corrected chi connectivity index (χ3v) is 17.2. The molecule has 0 radical (unpaired) electrons. The zero-order chi connectivity index (χ0) is 77.6. The van der Waals surface area contributed by atoms with E-state index in [4.69, 9.17) is 68.4 Å². The highest BCUT2D eigenvalue weighted by atomic mass is 35.5. The molecule has 106 heavy (non-hydrogen) atoms. The van der Waals surface area contributed by atoms with Gasteiger partial charge < -0.3 is 98.7 Å². The van der Waals surface area contributed by atoms with Crippen LogP contribution in [0.1, 0.15) is 116 Å². The predicted octanol–water partition coefficient (Wildman–Crippen LogP) is 5.96. The van der Waals surface area contributed by atoms with Gasteiger partial charge in [0.25, 0.3) is 0 Å². The number of epoxide rings is 1. The van der Waals surface area contributed by atoms with E-state index in [2.05, 4.69) is 31.9 Å². The van der Waals surface area contributed by atoms with Crippen LogP contribution in [0.15, 0.2) is 78.9 Å². The second kappa shape index (κ2) is 47.4. The van der Waals surface area contributed by atoms with Crippen LogP contribution < -0.4 is 36.6 Å². The minimum absolute atomic E-state index is 0.0338. The minimum Gasteiger partial charge on any atom is -0.495 e. The van der Waals surface area contributed by atoms with Crippen molar-refractivity contribution in [3.63, 3.8) is 0 Å². The maximum Gasteiger partial charge on any atom is 0.407 e. The number of hydrogen-bond donors (Lipinski definition) is 7. The number of anilines is 1. The molecule has 31 heteroatoms. The van der Waals surface area contributed by atoms with Gasteiger partial charge in [0, 0.05) is 64.2 Å². The number of hydrogen-bond acceptors (Lipinski definition) is 22. The molecule has 0 aromatic heterocycles. The Morgan fingerprint density at radius 1 is 0.698 bits per heavy atom. The average molecular weight is 1510 g/mol. The molecule has 588 valence electrons. The second-order valence-corrected chi connectivity index (χ2v) is 27.3. The molecule has 0 spiro atoms. The van der Waals surface area contributed by atoms with Crippen LogP contribution in [0.25, 0.3) is 0 Å². The average Bonchev–Trinajstić information content (AvgIpc) is 1.62. The van der Waals surface area contributed by atoms with Gasteiger partial charge in [-0.15, -0.1) is 0 Å². The molecule has 8 atom stereocenters. The van der Waals surface area contributed by atoms with Crippen LogP contribution in [0.5, 0.6) is 5.75 Å². The zero-order valence-electron chi connectivity index (χ0n) is 62.5. The molecule has 30 nitrogen and oxygen atoms in total. The van der Waals surface area contributed by atoms with Crippen molar-refractivity contribution in [2.45, 2.75) is 150 Å². The molecule has 1 fully saturated rings. The molecule has 2 aliphatic rings. The molecule has 3 aromatic rings. The Labute approximate surface area is 625 Å². The lowest BCUT2D eigenvalue weighted by atomic mass is 9.92. The molecule has 7 N–H and O–H groups in total. The molecule has 0 aliphatic carbocycles. The van der Waals surface area contributed by atoms with Crippen LogP contribution >= 0.6 is 11.6 Å². The number of carboxylic acids is 1. The van der Waals surface area contributed by atoms with Gasteiger partial charge in [0.1, 0.15) is 42.7 Å². The summed E-state index contributed by atoms with van der Waals surface area (Å²) >= 11 is 6.39. The highest BCUT2D eigenvalue weighted by molar-refractivity contribution is 6.32. The predicted molar refractivity (Wildman–Crippen MR) is 388 cm³/mol. The monoisotopic (exact) mass is 1510 g/mol. The Morgan fingerprint density at radius 3 is 1.86 bits per heavy atom. The summed E-state index contributed by atoms with van der Waals surface area (Å²) in [4.78, 5) is 134. The Kier molecular flexibility index (Phi) is 39.5. The molecule has 2 aliphatic heterocycles. The first-order valence-corrected chi connectivity index (χ1v) is 36.1. The fraction of sp³-hybridized carbons (Fsp3) is 0.600. The number of esters is 2. The van der Waals surface area contributed by atoms with E-state index in [0.29, 0.717) is 93.7 Å². The molecular formula is C75H108ClN7O23. The first kappa shape index (κ1) is 88.3. The number of carbonyl (C=O) groups excluding carboxylic acids is 9. The minimum atomic E-state index is -1.29. The number of halogens is 1. The van der Waals surface area contributed by atoms with E-state index in [9.17, 15) is 53.1 Å². The lowest BCUT2D eigenvalue weighted by Gasteiger charge is -2.29. The van der Waals surface area contributed by atoms with Gasteiger partial charge in [-0.05, 0) is 91.6 Å². The molecule has 0 unspecified atom stereocenters. The maximum atomic E-state index is 14.0. The van der Waals surface area contributed by atoms with Crippen molar-refractivity contribution in [1.82, 2.24) is 31.5 Å². The van der Waals surface area contributed by atoms with Crippen molar-refractivity contribution in [3.05, 3.63) is 106 Å². The van der Waals surface area contributed by atoms with Crippen molar-refractivity contribution in [3.8, 4) is 5.75 Å². The van der Waals surface area contributed by atoms with Gasteiger partial charge in [0.2, 0.25) is 35.4 Å². The zero-order valence-corrected chi connectivity index (χ0v) is 63.3. The Hall–Kier alpha value is -8.33. The van der Waals surface area contributed by atoms with E-state index in [1.54, 1.807) is 83.3 Å². The molecule has 0 saturated carbocycles. The summed E-state index contributed by atoms with van der Waals surface area (Å²) < 4.78 is 66.6. The van der Waals surface area contributed by atoms with Gasteiger partial charge in [-0.25, -0.2) is 9.59 Å². The topological polar surface area (TPSA) is 380 Å². The quantitative estimate of drug-likeness (QED) is 0.0148. The third kappa shape index (κ3) is 33.2. The van der Waals surface area contributed by atoms with Crippen molar-refractivity contribution in [2.75, 3.05) is 125 Å². The van der Waals surface area contributed by atoms with Crippen LogP contribution in [0.3, 0.4) is 0 Å². The number of cyclic esters (lactones) is 2. The van der Waals surface area contributed by atoms with Crippen molar-refractivity contribution < 1.29 is 110 Å². The van der Waals surface area contributed by atoms with E-state index >= 15 is 0 Å². The summed E-state index contributed by atoms with van der Waals surface area (Å²) in [5, 5.41) is 26.0. The Morgan fingerprint density at radius 2 is 1.28 bits per heavy atom. The van der Waals surface area contributed by atoms with Gasteiger partial charge in [-0.1, -0.05) is 94.8 Å². The number of ether oxygens (including phenoxy) is 12. The third-order valence-electron chi connectivity index (χ3n) is 16.9. The smallest absolute Gasteiger partial charge is 0.407 e. The largest absolute Gasteiger partial charge is 0.495 e. The summed E-state index contributed by atoms with van der Waals surface area (Å²) in [6.07, 6.45) is -1.11. The first-order chi connectivity index (χ1) is 50.7. The van der Waals surface area contributed by atoms with E-state index in [-0.39, 0.29) is 103 Å². The SMILES string of the molecule is COCCOCCOCCOCCOCCOCCOCCC(=O)N(CCC(=O)O)CCC(=O)N[C@H](C(=O)N[C@@H](C)C(=O)Nc1ccc(COC(=O)NCc2ccc([C@H]3O[C@@H]3[C@@H](C)[C@@H]3C/C=C/C(=O)N[C@H](Cc4ccc(OC)c(Cl)c4)C(=O)NCC(C)(C)C(=O)O[C@@H](CC(C)C)C(=O)O3)cc2)cc1)C(C)C. The fourth-order valence-corrected chi connectivity index (χ4v) is 10.9. The molecule has 2 heterocycles. The number of methoxy groups -OCH3 is 2. The van der Waals surface area contributed by atoms with Gasteiger partial charge in [0.15, 0.2) is 6.10 Å². The van der Waals surface area contributed by atoms with Crippen LogP contribution in [0.2, 0.25) is 5.02 Å². The summed E-state index contributed by atoms with van der Waals surface area (Å²) in [5.41, 5.74) is 1.93. The Balaban J connectivity index is 1.02. The summed E-state index contributed by atoms with van der Waals surface area (Å²) in [6.45, 7) is 18.2. The van der Waals surface area contributed by atoms with Gasteiger partial charge in [-0.2, -0.15) is 0 Å². The van der Waals surface area contributed by atoms with Gasteiger partial charge >= 0.3 is 24.0 Å². The van der Waals surface area contributed by atoms with Crippen molar-refractivity contribution in [2.24, 2.45) is 23.2 Å². The first-order valence-electron chi connectivity index (χ1n) is 35.8. The van der Waals surface area contributed by atoms with Gasteiger partial charge in [0.05, 0.1) is 122 Å². The number of aliphatic carboxylic acids is 1. The van der Waals surface area contributed by atoms with Gasteiger partial charge in [-0.3, -0.25) is 38.4 Å². The van der Waals surface area contributed by atoms with E-state index < -0.39 is 113 Å². The highest BCUT2D eigenvalue weighted by Gasteiger charge is 2.48. The van der Waals surface area contributed by atoms with Crippen LogP contribution in [-0.2, 0) is 115 Å². The number of carboxylic acid groups (broad SMARTS) is 1.